The second kappa shape index (κ2) is 13.3. The van der Waals surface area contributed by atoms with Crippen molar-refractivity contribution in [1.82, 2.24) is 10.2 Å². The maximum absolute atomic E-state index is 14.1. The van der Waals surface area contributed by atoms with E-state index in [4.69, 9.17) is 23.2 Å². The average Bonchev–Trinajstić information content (AvgIpc) is 3.44. The van der Waals surface area contributed by atoms with Crippen LogP contribution in [0.1, 0.15) is 49.3 Å². The van der Waals surface area contributed by atoms with Crippen LogP contribution < -0.4 is 9.62 Å². The van der Waals surface area contributed by atoms with Crippen molar-refractivity contribution in [1.29, 1.82) is 0 Å². The summed E-state index contributed by atoms with van der Waals surface area (Å²) in [4.78, 5) is 28.9. The lowest BCUT2D eigenvalue weighted by molar-refractivity contribution is -0.139. The van der Waals surface area contributed by atoms with Crippen LogP contribution in [0.3, 0.4) is 0 Å². The monoisotopic (exact) mass is 615 g/mol. The fourth-order valence-corrected chi connectivity index (χ4v) is 6.83. The molecular formula is C31H35Cl2N3O4S. The van der Waals surface area contributed by atoms with Gasteiger partial charge in [-0.15, -0.1) is 0 Å². The summed E-state index contributed by atoms with van der Waals surface area (Å²) in [6.07, 6.45) is 3.88. The van der Waals surface area contributed by atoms with Gasteiger partial charge >= 0.3 is 0 Å². The van der Waals surface area contributed by atoms with Gasteiger partial charge in [0.05, 0.1) is 10.6 Å². The number of hydrogen-bond acceptors (Lipinski definition) is 4. The Labute approximate surface area is 252 Å². The molecule has 0 saturated heterocycles. The van der Waals surface area contributed by atoms with Gasteiger partial charge in [0.1, 0.15) is 12.6 Å². The molecule has 1 fully saturated rings. The fourth-order valence-electron chi connectivity index (χ4n) is 4.96. The standard InChI is InChI=1S/C31H35Cl2N3O4S/c1-21-11-15-28(16-12-21)41(39,40)36(27-10-6-7-22(2)17-27)20-30(37)35(19-24-13-14-25(32)18-29(24)33)23(3)31(38)34-26-8-4-5-9-26/h6-7,10-18,23,26H,4-5,8-9,19-20H2,1-3H3,(H,34,38). The summed E-state index contributed by atoms with van der Waals surface area (Å²) < 4.78 is 29.0. The zero-order valence-electron chi connectivity index (χ0n) is 23.4. The van der Waals surface area contributed by atoms with E-state index in [1.807, 2.05) is 19.9 Å². The Morgan fingerprint density at radius 1 is 0.951 bits per heavy atom. The van der Waals surface area contributed by atoms with E-state index in [0.29, 0.717) is 21.3 Å². The lowest BCUT2D eigenvalue weighted by Crippen LogP contribution is -2.52. The topological polar surface area (TPSA) is 86.8 Å². The third-order valence-corrected chi connectivity index (χ3v) is 9.78. The summed E-state index contributed by atoms with van der Waals surface area (Å²) in [7, 11) is -4.13. The Hall–Kier alpha value is -3.07. The van der Waals surface area contributed by atoms with Gasteiger partial charge < -0.3 is 10.2 Å². The van der Waals surface area contributed by atoms with E-state index >= 15 is 0 Å². The largest absolute Gasteiger partial charge is 0.352 e. The molecule has 1 N–H and O–H groups in total. The molecule has 0 aromatic heterocycles. The maximum atomic E-state index is 14.1. The van der Waals surface area contributed by atoms with Crippen molar-refractivity contribution in [3.63, 3.8) is 0 Å². The highest BCUT2D eigenvalue weighted by Gasteiger charge is 2.33. The van der Waals surface area contributed by atoms with Crippen molar-refractivity contribution >= 4 is 50.7 Å². The van der Waals surface area contributed by atoms with Crippen LogP contribution in [0.2, 0.25) is 10.0 Å². The number of nitrogens with zero attached hydrogens (tertiary/aromatic N) is 2. The lowest BCUT2D eigenvalue weighted by Gasteiger charge is -2.32. The summed E-state index contributed by atoms with van der Waals surface area (Å²) in [6.45, 7) is 4.87. The smallest absolute Gasteiger partial charge is 0.264 e. The normalized spacial score (nSPS) is 14.5. The molecule has 1 aliphatic rings. The minimum absolute atomic E-state index is 0.000323. The average molecular weight is 617 g/mol. The molecule has 0 radical (unpaired) electrons. The van der Waals surface area contributed by atoms with Crippen LogP contribution in [0, 0.1) is 13.8 Å². The number of nitrogens with one attached hydrogen (secondary N) is 1. The first-order valence-corrected chi connectivity index (χ1v) is 15.8. The predicted molar refractivity (Wildman–Crippen MR) is 164 cm³/mol. The minimum Gasteiger partial charge on any atom is -0.352 e. The van der Waals surface area contributed by atoms with Gasteiger partial charge in [0.15, 0.2) is 0 Å². The molecule has 0 bridgehead atoms. The molecule has 4 rings (SSSR count). The Balaban J connectivity index is 1.70. The first-order valence-electron chi connectivity index (χ1n) is 13.7. The molecular weight excluding hydrogens is 581 g/mol. The summed E-state index contributed by atoms with van der Waals surface area (Å²) in [5.74, 6) is -0.832. The first kappa shape index (κ1) is 30.9. The van der Waals surface area contributed by atoms with Gasteiger partial charge in [-0.05, 0) is 81.1 Å². The van der Waals surface area contributed by atoms with Crippen LogP contribution in [0.15, 0.2) is 71.6 Å². The highest BCUT2D eigenvalue weighted by atomic mass is 35.5. The van der Waals surface area contributed by atoms with Crippen molar-refractivity contribution in [2.45, 2.75) is 70.0 Å². The SMILES string of the molecule is Cc1ccc(S(=O)(=O)N(CC(=O)N(Cc2ccc(Cl)cc2Cl)C(C)C(=O)NC2CCCC2)c2cccc(C)c2)cc1. The summed E-state index contributed by atoms with van der Waals surface area (Å²) >= 11 is 12.5. The van der Waals surface area contributed by atoms with Crippen LogP contribution in [-0.4, -0.2) is 43.8 Å². The zero-order chi connectivity index (χ0) is 29.7. The maximum Gasteiger partial charge on any atom is 0.264 e. The Kier molecular flexibility index (Phi) is 10.00. The molecule has 1 saturated carbocycles. The second-order valence-corrected chi connectivity index (χ2v) is 13.3. The highest BCUT2D eigenvalue weighted by Crippen LogP contribution is 2.27. The number of carbonyl (C=O) groups excluding carboxylic acids is 2. The molecule has 2 amide bonds. The number of rotatable bonds is 10. The molecule has 0 heterocycles. The van der Waals surface area contributed by atoms with Crippen LogP contribution >= 0.6 is 23.2 Å². The van der Waals surface area contributed by atoms with Crippen molar-refractivity contribution in [2.75, 3.05) is 10.8 Å². The molecule has 1 aliphatic carbocycles. The number of anilines is 1. The molecule has 0 spiro atoms. The third kappa shape index (κ3) is 7.61. The molecule has 41 heavy (non-hydrogen) atoms. The summed E-state index contributed by atoms with van der Waals surface area (Å²) in [5.41, 5.74) is 2.70. The van der Waals surface area contributed by atoms with E-state index in [9.17, 15) is 18.0 Å². The zero-order valence-corrected chi connectivity index (χ0v) is 25.8. The minimum atomic E-state index is -4.13. The van der Waals surface area contributed by atoms with E-state index in [-0.39, 0.29) is 23.4 Å². The summed E-state index contributed by atoms with van der Waals surface area (Å²) in [6, 6.07) is 17.6. The van der Waals surface area contributed by atoms with Gasteiger partial charge in [0.25, 0.3) is 10.0 Å². The first-order chi connectivity index (χ1) is 19.5. The van der Waals surface area contributed by atoms with E-state index in [1.54, 1.807) is 55.5 Å². The number of hydrogen-bond donors (Lipinski definition) is 1. The van der Waals surface area contributed by atoms with E-state index in [0.717, 1.165) is 41.1 Å². The quantitative estimate of drug-likeness (QED) is 0.291. The lowest BCUT2D eigenvalue weighted by atomic mass is 10.1. The highest BCUT2D eigenvalue weighted by molar-refractivity contribution is 7.92. The fraction of sp³-hybridized carbons (Fsp3) is 0.355. The van der Waals surface area contributed by atoms with Crippen molar-refractivity contribution in [2.24, 2.45) is 0 Å². The van der Waals surface area contributed by atoms with Crippen molar-refractivity contribution < 1.29 is 18.0 Å². The van der Waals surface area contributed by atoms with Gasteiger partial charge in [-0.3, -0.25) is 13.9 Å². The molecule has 0 aliphatic heterocycles. The number of amides is 2. The van der Waals surface area contributed by atoms with Gasteiger partial charge in [-0.1, -0.05) is 71.9 Å². The molecule has 10 heteroatoms. The van der Waals surface area contributed by atoms with E-state index in [2.05, 4.69) is 5.32 Å². The van der Waals surface area contributed by atoms with Crippen LogP contribution in [0.25, 0.3) is 0 Å². The van der Waals surface area contributed by atoms with Gasteiger partial charge in [-0.2, -0.15) is 0 Å². The molecule has 1 unspecified atom stereocenters. The summed E-state index contributed by atoms with van der Waals surface area (Å²) in [5, 5.41) is 3.85. The third-order valence-electron chi connectivity index (χ3n) is 7.40. The van der Waals surface area contributed by atoms with Crippen molar-refractivity contribution in [3.8, 4) is 0 Å². The van der Waals surface area contributed by atoms with Gasteiger partial charge in [0.2, 0.25) is 11.8 Å². The van der Waals surface area contributed by atoms with Crippen LogP contribution in [0.5, 0.6) is 0 Å². The Bertz CT molecular complexity index is 1510. The number of sulfonamides is 1. The van der Waals surface area contributed by atoms with E-state index in [1.165, 1.54) is 17.0 Å². The van der Waals surface area contributed by atoms with Crippen molar-refractivity contribution in [3.05, 3.63) is 93.5 Å². The number of benzene rings is 3. The molecule has 1 atom stereocenters. The second-order valence-electron chi connectivity index (χ2n) is 10.6. The number of halogens is 2. The number of carbonyl (C=O) groups is 2. The van der Waals surface area contributed by atoms with Gasteiger partial charge in [0, 0.05) is 22.6 Å². The Morgan fingerprint density at radius 2 is 1.63 bits per heavy atom. The van der Waals surface area contributed by atoms with Crippen LogP contribution in [0.4, 0.5) is 5.69 Å². The van der Waals surface area contributed by atoms with E-state index < -0.39 is 28.5 Å². The number of aryl methyl sites for hydroxylation is 2. The van der Waals surface area contributed by atoms with Gasteiger partial charge in [-0.25, -0.2) is 8.42 Å². The molecule has 218 valence electrons. The Morgan fingerprint density at radius 3 is 2.27 bits per heavy atom. The molecule has 3 aromatic rings. The molecule has 7 nitrogen and oxygen atoms in total. The molecule has 3 aromatic carbocycles. The van der Waals surface area contributed by atoms with Crippen LogP contribution in [-0.2, 0) is 26.2 Å². The predicted octanol–water partition coefficient (Wildman–Crippen LogP) is 6.28.